The number of ether oxygens (including phenoxy) is 2. The van der Waals surface area contributed by atoms with Gasteiger partial charge in [0.1, 0.15) is 5.60 Å². The molecule has 1 aromatic carbocycles. The number of carbonyl (C=O) groups is 2. The van der Waals surface area contributed by atoms with Gasteiger partial charge in [-0.1, -0.05) is 30.3 Å². The standard InChI is InChI=1S/C21H32N2O4/c1-6-26-19(24)17-12-13-23(20(25)27-21(3,4)5)14-18(17)22-15(2)16-10-8-7-9-11-16/h7-11,15,17-18,22H,6,12-14H2,1-5H3/t15-,17?,18?/m0/s1. The number of nitrogens with zero attached hydrogens (tertiary/aromatic N) is 1. The van der Waals surface area contributed by atoms with Gasteiger partial charge in [0, 0.05) is 25.2 Å². The number of amides is 1. The Labute approximate surface area is 162 Å². The molecule has 150 valence electrons. The summed E-state index contributed by atoms with van der Waals surface area (Å²) in [5.41, 5.74) is 0.587. The number of likely N-dealkylation sites (tertiary alicyclic amines) is 1. The number of carbonyl (C=O) groups excluding carboxylic acids is 2. The smallest absolute Gasteiger partial charge is 0.410 e. The molecule has 2 unspecified atom stereocenters. The highest BCUT2D eigenvalue weighted by atomic mass is 16.6. The molecule has 0 aliphatic carbocycles. The van der Waals surface area contributed by atoms with E-state index in [1.54, 1.807) is 4.90 Å². The van der Waals surface area contributed by atoms with Crippen molar-refractivity contribution in [1.29, 1.82) is 0 Å². The molecule has 0 spiro atoms. The number of hydrogen-bond donors (Lipinski definition) is 1. The molecule has 1 N–H and O–H groups in total. The Morgan fingerprint density at radius 1 is 1.26 bits per heavy atom. The molecule has 3 atom stereocenters. The maximum Gasteiger partial charge on any atom is 0.410 e. The molecule has 1 fully saturated rings. The highest BCUT2D eigenvalue weighted by Crippen LogP contribution is 2.24. The largest absolute Gasteiger partial charge is 0.466 e. The lowest BCUT2D eigenvalue weighted by Crippen LogP contribution is -2.56. The minimum absolute atomic E-state index is 0.0479. The van der Waals surface area contributed by atoms with E-state index in [0.717, 1.165) is 5.56 Å². The van der Waals surface area contributed by atoms with Crippen molar-refractivity contribution in [3.63, 3.8) is 0 Å². The van der Waals surface area contributed by atoms with Gasteiger partial charge in [0.05, 0.1) is 12.5 Å². The van der Waals surface area contributed by atoms with Gasteiger partial charge in [-0.15, -0.1) is 0 Å². The van der Waals surface area contributed by atoms with E-state index in [-0.39, 0.29) is 30.1 Å². The summed E-state index contributed by atoms with van der Waals surface area (Å²) in [6, 6.07) is 9.90. The molecule has 1 aliphatic rings. The molecule has 0 saturated carbocycles. The summed E-state index contributed by atoms with van der Waals surface area (Å²) in [6.45, 7) is 10.7. The topological polar surface area (TPSA) is 67.9 Å². The van der Waals surface area contributed by atoms with Crippen molar-refractivity contribution in [2.24, 2.45) is 5.92 Å². The summed E-state index contributed by atoms with van der Waals surface area (Å²) in [6.07, 6.45) is 0.209. The number of esters is 1. The first-order valence-electron chi connectivity index (χ1n) is 9.67. The Hall–Kier alpha value is -2.08. The summed E-state index contributed by atoms with van der Waals surface area (Å²) in [7, 11) is 0. The highest BCUT2D eigenvalue weighted by Gasteiger charge is 2.38. The predicted octanol–water partition coefficient (Wildman–Crippen LogP) is 3.53. The van der Waals surface area contributed by atoms with Crippen molar-refractivity contribution in [1.82, 2.24) is 10.2 Å². The molecule has 2 rings (SSSR count). The van der Waals surface area contributed by atoms with Crippen molar-refractivity contribution in [3.8, 4) is 0 Å². The normalized spacial score (nSPS) is 21.4. The lowest BCUT2D eigenvalue weighted by molar-refractivity contribution is -0.151. The predicted molar refractivity (Wildman–Crippen MR) is 104 cm³/mol. The van der Waals surface area contributed by atoms with Crippen molar-refractivity contribution in [2.45, 2.75) is 58.7 Å². The third-order valence-electron chi connectivity index (χ3n) is 4.62. The monoisotopic (exact) mass is 376 g/mol. The number of nitrogens with one attached hydrogen (secondary N) is 1. The molecule has 1 aliphatic heterocycles. The van der Waals surface area contributed by atoms with Crippen LogP contribution >= 0.6 is 0 Å². The van der Waals surface area contributed by atoms with E-state index in [2.05, 4.69) is 12.2 Å². The zero-order valence-electron chi connectivity index (χ0n) is 17.0. The van der Waals surface area contributed by atoms with Gasteiger partial charge < -0.3 is 19.7 Å². The summed E-state index contributed by atoms with van der Waals surface area (Å²) < 4.78 is 10.8. The molecule has 0 radical (unpaired) electrons. The van der Waals surface area contributed by atoms with Crippen LogP contribution < -0.4 is 5.32 Å². The molecule has 27 heavy (non-hydrogen) atoms. The van der Waals surface area contributed by atoms with Gasteiger partial charge in [0.15, 0.2) is 0 Å². The Balaban J connectivity index is 2.12. The van der Waals surface area contributed by atoms with Crippen LogP contribution in [0.3, 0.4) is 0 Å². The Morgan fingerprint density at radius 3 is 2.52 bits per heavy atom. The third-order valence-corrected chi connectivity index (χ3v) is 4.62. The van der Waals surface area contributed by atoms with Crippen molar-refractivity contribution in [3.05, 3.63) is 35.9 Å². The highest BCUT2D eigenvalue weighted by molar-refractivity contribution is 5.74. The van der Waals surface area contributed by atoms with Gasteiger partial charge in [0.2, 0.25) is 0 Å². The Morgan fingerprint density at radius 2 is 1.93 bits per heavy atom. The van der Waals surface area contributed by atoms with E-state index >= 15 is 0 Å². The summed E-state index contributed by atoms with van der Waals surface area (Å²) in [4.78, 5) is 26.6. The Bertz CT molecular complexity index is 627. The number of benzene rings is 1. The van der Waals surface area contributed by atoms with Crippen molar-refractivity contribution in [2.75, 3.05) is 19.7 Å². The van der Waals surface area contributed by atoms with Gasteiger partial charge in [-0.2, -0.15) is 0 Å². The third kappa shape index (κ3) is 6.24. The van der Waals surface area contributed by atoms with Gasteiger partial charge in [0.25, 0.3) is 0 Å². The van der Waals surface area contributed by atoms with Crippen LogP contribution in [0.1, 0.15) is 52.6 Å². The van der Waals surface area contributed by atoms with E-state index in [4.69, 9.17) is 9.47 Å². The molecule has 6 heteroatoms. The van der Waals surface area contributed by atoms with E-state index in [0.29, 0.717) is 26.1 Å². The average molecular weight is 376 g/mol. The van der Waals surface area contributed by atoms with Crippen LogP contribution in [-0.4, -0.2) is 48.3 Å². The van der Waals surface area contributed by atoms with Crippen LogP contribution in [0.15, 0.2) is 30.3 Å². The minimum Gasteiger partial charge on any atom is -0.466 e. The van der Waals surface area contributed by atoms with Crippen molar-refractivity contribution < 1.29 is 19.1 Å². The fraction of sp³-hybridized carbons (Fsp3) is 0.619. The quantitative estimate of drug-likeness (QED) is 0.797. The summed E-state index contributed by atoms with van der Waals surface area (Å²) >= 11 is 0. The van der Waals surface area contributed by atoms with E-state index in [1.807, 2.05) is 58.0 Å². The maximum absolute atomic E-state index is 12.5. The van der Waals surface area contributed by atoms with Gasteiger partial charge in [-0.25, -0.2) is 4.79 Å². The van der Waals surface area contributed by atoms with Crippen molar-refractivity contribution >= 4 is 12.1 Å². The van der Waals surface area contributed by atoms with Crippen LogP contribution in [-0.2, 0) is 14.3 Å². The molecule has 0 bridgehead atoms. The second-order valence-corrected chi connectivity index (χ2v) is 7.98. The zero-order valence-corrected chi connectivity index (χ0v) is 17.0. The minimum atomic E-state index is -0.546. The van der Waals surface area contributed by atoms with E-state index < -0.39 is 5.60 Å². The second-order valence-electron chi connectivity index (χ2n) is 7.98. The summed E-state index contributed by atoms with van der Waals surface area (Å²) in [5.74, 6) is -0.492. The molecule has 1 heterocycles. The van der Waals surface area contributed by atoms with E-state index in [9.17, 15) is 9.59 Å². The van der Waals surface area contributed by atoms with Gasteiger partial charge >= 0.3 is 12.1 Å². The number of piperidine rings is 1. The maximum atomic E-state index is 12.5. The lowest BCUT2D eigenvalue weighted by Gasteiger charge is -2.39. The molecule has 6 nitrogen and oxygen atoms in total. The molecule has 1 aromatic rings. The van der Waals surface area contributed by atoms with Crippen LogP contribution in [0.2, 0.25) is 0 Å². The van der Waals surface area contributed by atoms with Gasteiger partial charge in [-0.05, 0) is 46.6 Å². The first kappa shape index (κ1) is 21.2. The van der Waals surface area contributed by atoms with Crippen LogP contribution in [0.4, 0.5) is 4.79 Å². The van der Waals surface area contributed by atoms with Crippen LogP contribution in [0.5, 0.6) is 0 Å². The van der Waals surface area contributed by atoms with Crippen LogP contribution in [0.25, 0.3) is 0 Å². The molecule has 1 saturated heterocycles. The second kappa shape index (κ2) is 9.22. The summed E-state index contributed by atoms with van der Waals surface area (Å²) in [5, 5.41) is 3.52. The fourth-order valence-electron chi connectivity index (χ4n) is 3.30. The first-order chi connectivity index (χ1) is 12.7. The lowest BCUT2D eigenvalue weighted by atomic mass is 9.90. The van der Waals surface area contributed by atoms with Crippen LogP contribution in [0, 0.1) is 5.92 Å². The number of rotatable bonds is 5. The Kier molecular flexibility index (Phi) is 7.25. The zero-order chi connectivity index (χ0) is 20.0. The van der Waals surface area contributed by atoms with E-state index in [1.165, 1.54) is 0 Å². The molecular weight excluding hydrogens is 344 g/mol. The SMILES string of the molecule is CCOC(=O)C1CCN(C(=O)OC(C)(C)C)CC1N[C@@H](C)c1ccccc1. The molecule has 0 aromatic heterocycles. The fourth-order valence-corrected chi connectivity index (χ4v) is 3.30. The van der Waals surface area contributed by atoms with Gasteiger partial charge in [-0.3, -0.25) is 4.79 Å². The molecule has 1 amide bonds. The average Bonchev–Trinajstić information content (AvgIpc) is 2.61. The number of hydrogen-bond acceptors (Lipinski definition) is 5. The first-order valence-corrected chi connectivity index (χ1v) is 9.67. The molecular formula is C21H32N2O4.